The molecule has 0 bridgehead atoms. The maximum Gasteiger partial charge on any atom is 0.143 e. The Bertz CT molecular complexity index is 407. The lowest BCUT2D eigenvalue weighted by atomic mass is 9.89. The van der Waals surface area contributed by atoms with Gasteiger partial charge in [-0.2, -0.15) is 0 Å². The van der Waals surface area contributed by atoms with Crippen molar-refractivity contribution in [2.45, 2.75) is 39.8 Å². The number of phenols is 1. The minimum Gasteiger partial charge on any atom is -0.506 e. The number of nitrogens with one attached hydrogen (secondary N) is 1. The smallest absolute Gasteiger partial charge is 0.143 e. The van der Waals surface area contributed by atoms with Crippen LogP contribution in [0.1, 0.15) is 32.8 Å². The lowest BCUT2D eigenvalue weighted by Gasteiger charge is -2.22. The molecule has 0 saturated heterocycles. The summed E-state index contributed by atoms with van der Waals surface area (Å²) in [7, 11) is 0. The molecule has 3 nitrogen and oxygen atoms in total. The molecule has 0 aliphatic rings. The van der Waals surface area contributed by atoms with Crippen LogP contribution >= 0.6 is 31.9 Å². The van der Waals surface area contributed by atoms with Crippen LogP contribution < -0.4 is 5.32 Å². The van der Waals surface area contributed by atoms with E-state index < -0.39 is 0 Å². The van der Waals surface area contributed by atoms with E-state index in [1.165, 1.54) is 0 Å². The molecule has 0 aliphatic carbocycles. The number of halogens is 2. The van der Waals surface area contributed by atoms with E-state index in [1.807, 2.05) is 12.1 Å². The topological polar surface area (TPSA) is 52.5 Å². The standard InChI is InChI=1S/C14H21Br2NO2/c1-14(2,3)6-10(18)8-17-7-9-4-11(15)13(19)12(16)5-9/h4-5,10,17-19H,6-8H2,1-3H3. The Balaban J connectivity index is 2.46. The summed E-state index contributed by atoms with van der Waals surface area (Å²) in [6, 6.07) is 3.73. The number of aliphatic hydroxyl groups is 1. The van der Waals surface area contributed by atoms with E-state index in [4.69, 9.17) is 0 Å². The Labute approximate surface area is 131 Å². The number of benzene rings is 1. The third-order valence-corrected chi connectivity index (χ3v) is 3.84. The van der Waals surface area contributed by atoms with Gasteiger partial charge in [0, 0.05) is 13.1 Å². The zero-order valence-corrected chi connectivity index (χ0v) is 14.7. The molecule has 1 aromatic carbocycles. The maximum atomic E-state index is 9.90. The first-order chi connectivity index (χ1) is 8.69. The summed E-state index contributed by atoms with van der Waals surface area (Å²) in [6.45, 7) is 7.56. The summed E-state index contributed by atoms with van der Waals surface area (Å²) in [5.74, 6) is 0.205. The van der Waals surface area contributed by atoms with Crippen molar-refractivity contribution >= 4 is 31.9 Å². The molecule has 1 aromatic rings. The van der Waals surface area contributed by atoms with Crippen molar-refractivity contribution in [2.75, 3.05) is 6.54 Å². The van der Waals surface area contributed by atoms with Crippen LogP contribution in [0.15, 0.2) is 21.1 Å². The Morgan fingerprint density at radius 2 is 1.74 bits per heavy atom. The second-order valence-electron chi connectivity index (χ2n) is 5.96. The molecule has 0 saturated carbocycles. The van der Waals surface area contributed by atoms with Gasteiger partial charge < -0.3 is 15.5 Å². The molecule has 5 heteroatoms. The van der Waals surface area contributed by atoms with Gasteiger partial charge in [-0.1, -0.05) is 20.8 Å². The van der Waals surface area contributed by atoms with Crippen molar-refractivity contribution in [3.8, 4) is 5.75 Å². The highest BCUT2D eigenvalue weighted by Gasteiger charge is 2.16. The summed E-state index contributed by atoms with van der Waals surface area (Å²) in [6.07, 6.45) is 0.423. The minimum atomic E-state index is -0.344. The quantitative estimate of drug-likeness (QED) is 0.711. The van der Waals surface area contributed by atoms with Crippen LogP contribution in [-0.2, 0) is 6.54 Å². The predicted molar refractivity (Wildman–Crippen MR) is 85.3 cm³/mol. The molecule has 1 rings (SSSR count). The molecule has 0 amide bonds. The zero-order valence-electron chi connectivity index (χ0n) is 11.5. The average Bonchev–Trinajstić information content (AvgIpc) is 2.23. The average molecular weight is 395 g/mol. The molecule has 0 radical (unpaired) electrons. The van der Waals surface area contributed by atoms with Crippen LogP contribution in [-0.4, -0.2) is 22.9 Å². The normalized spacial score (nSPS) is 13.6. The summed E-state index contributed by atoms with van der Waals surface area (Å²) < 4.78 is 1.32. The SMILES string of the molecule is CC(C)(C)CC(O)CNCc1cc(Br)c(O)c(Br)c1. The van der Waals surface area contributed by atoms with Crippen LogP contribution in [0.25, 0.3) is 0 Å². The number of phenolic OH excluding ortho intramolecular Hbond substituents is 1. The molecule has 0 aromatic heterocycles. The number of aromatic hydroxyl groups is 1. The highest BCUT2D eigenvalue weighted by atomic mass is 79.9. The first kappa shape index (κ1) is 17.0. The lowest BCUT2D eigenvalue weighted by Crippen LogP contribution is -2.29. The number of hydrogen-bond acceptors (Lipinski definition) is 3. The van der Waals surface area contributed by atoms with Crippen molar-refractivity contribution in [2.24, 2.45) is 5.41 Å². The van der Waals surface area contributed by atoms with E-state index in [0.29, 0.717) is 22.0 Å². The molecular formula is C14H21Br2NO2. The van der Waals surface area contributed by atoms with E-state index in [0.717, 1.165) is 12.0 Å². The summed E-state index contributed by atoms with van der Waals surface area (Å²) >= 11 is 6.60. The van der Waals surface area contributed by atoms with Crippen molar-refractivity contribution in [3.63, 3.8) is 0 Å². The largest absolute Gasteiger partial charge is 0.506 e. The number of rotatable bonds is 5. The van der Waals surface area contributed by atoms with E-state index in [9.17, 15) is 10.2 Å². The number of hydrogen-bond donors (Lipinski definition) is 3. The molecule has 1 unspecified atom stereocenters. The fourth-order valence-electron chi connectivity index (χ4n) is 1.88. The van der Waals surface area contributed by atoms with E-state index >= 15 is 0 Å². The Morgan fingerprint density at radius 1 is 1.21 bits per heavy atom. The molecule has 3 N–H and O–H groups in total. The molecule has 0 fully saturated rings. The van der Waals surface area contributed by atoms with Crippen LogP contribution in [0.4, 0.5) is 0 Å². The van der Waals surface area contributed by atoms with Gasteiger partial charge in [-0.25, -0.2) is 0 Å². The molecule has 0 heterocycles. The molecular weight excluding hydrogens is 374 g/mol. The van der Waals surface area contributed by atoms with Gasteiger partial charge in [0.25, 0.3) is 0 Å². The Morgan fingerprint density at radius 3 is 2.21 bits per heavy atom. The van der Waals surface area contributed by atoms with E-state index in [1.54, 1.807) is 0 Å². The van der Waals surface area contributed by atoms with Crippen molar-refractivity contribution in [1.29, 1.82) is 0 Å². The van der Waals surface area contributed by atoms with Crippen LogP contribution in [0.3, 0.4) is 0 Å². The van der Waals surface area contributed by atoms with Gasteiger partial charge in [0.2, 0.25) is 0 Å². The second kappa shape index (κ2) is 7.07. The highest BCUT2D eigenvalue weighted by molar-refractivity contribution is 9.11. The van der Waals surface area contributed by atoms with E-state index in [-0.39, 0.29) is 17.3 Å². The van der Waals surface area contributed by atoms with Gasteiger partial charge in [0.15, 0.2) is 0 Å². The Hall–Kier alpha value is -0.100. The predicted octanol–water partition coefficient (Wildman–Crippen LogP) is 3.80. The second-order valence-corrected chi connectivity index (χ2v) is 7.67. The lowest BCUT2D eigenvalue weighted by molar-refractivity contribution is 0.119. The molecule has 19 heavy (non-hydrogen) atoms. The zero-order chi connectivity index (χ0) is 14.6. The van der Waals surface area contributed by atoms with Gasteiger partial charge in [-0.05, 0) is 61.4 Å². The minimum absolute atomic E-state index is 0.131. The fourth-order valence-corrected chi connectivity index (χ4v) is 3.16. The maximum absolute atomic E-state index is 9.90. The van der Waals surface area contributed by atoms with Crippen molar-refractivity contribution < 1.29 is 10.2 Å². The first-order valence-corrected chi connectivity index (χ1v) is 7.83. The van der Waals surface area contributed by atoms with Crippen molar-refractivity contribution in [1.82, 2.24) is 5.32 Å². The summed E-state index contributed by atoms with van der Waals surface area (Å²) in [5.41, 5.74) is 1.17. The van der Waals surface area contributed by atoms with Gasteiger partial charge in [0.05, 0.1) is 15.0 Å². The molecule has 0 aliphatic heterocycles. The van der Waals surface area contributed by atoms with E-state index in [2.05, 4.69) is 57.9 Å². The summed E-state index contributed by atoms with van der Waals surface area (Å²) in [5, 5.41) is 22.7. The van der Waals surface area contributed by atoms with Gasteiger partial charge >= 0.3 is 0 Å². The fraction of sp³-hybridized carbons (Fsp3) is 0.571. The van der Waals surface area contributed by atoms with Crippen LogP contribution in [0.2, 0.25) is 0 Å². The van der Waals surface area contributed by atoms with Crippen LogP contribution in [0, 0.1) is 5.41 Å². The summed E-state index contributed by atoms with van der Waals surface area (Å²) in [4.78, 5) is 0. The third-order valence-electron chi connectivity index (χ3n) is 2.63. The molecule has 108 valence electrons. The Kier molecular flexibility index (Phi) is 6.30. The first-order valence-electron chi connectivity index (χ1n) is 6.25. The van der Waals surface area contributed by atoms with Gasteiger partial charge in [-0.3, -0.25) is 0 Å². The van der Waals surface area contributed by atoms with Crippen LogP contribution in [0.5, 0.6) is 5.75 Å². The third kappa shape index (κ3) is 6.25. The van der Waals surface area contributed by atoms with Gasteiger partial charge in [-0.15, -0.1) is 0 Å². The highest BCUT2D eigenvalue weighted by Crippen LogP contribution is 2.33. The molecule has 0 spiro atoms. The number of aliphatic hydroxyl groups excluding tert-OH is 1. The van der Waals surface area contributed by atoms with Crippen molar-refractivity contribution in [3.05, 3.63) is 26.6 Å². The van der Waals surface area contributed by atoms with Gasteiger partial charge in [0.1, 0.15) is 5.75 Å². The molecule has 1 atom stereocenters. The monoisotopic (exact) mass is 393 g/mol.